The molecule has 0 radical (unpaired) electrons. The van der Waals surface area contributed by atoms with E-state index in [0.717, 1.165) is 19.3 Å². The first-order valence-corrected chi connectivity index (χ1v) is 6.86. The largest absolute Gasteiger partial charge is 0.481 e. The normalized spacial score (nSPS) is 26.8. The van der Waals surface area contributed by atoms with Crippen LogP contribution in [-0.4, -0.2) is 40.3 Å². The Morgan fingerprint density at radius 2 is 1.90 bits per heavy atom. The summed E-state index contributed by atoms with van der Waals surface area (Å²) in [5.41, 5.74) is 0. The van der Waals surface area contributed by atoms with Crippen LogP contribution >= 0.6 is 0 Å². The lowest BCUT2D eigenvalue weighted by Gasteiger charge is -2.22. The van der Waals surface area contributed by atoms with E-state index in [9.17, 15) is 14.4 Å². The molecular weight excluding hydrogens is 264 g/mol. The average molecular weight is 286 g/mol. The smallest absolute Gasteiger partial charge is 0.326 e. The molecule has 0 heterocycles. The molecule has 1 aliphatic carbocycles. The predicted molar refractivity (Wildman–Crippen MR) is 71.3 cm³/mol. The molecule has 0 spiro atoms. The van der Waals surface area contributed by atoms with Crippen molar-refractivity contribution in [2.75, 3.05) is 0 Å². The van der Waals surface area contributed by atoms with Gasteiger partial charge in [-0.05, 0) is 24.7 Å². The molecule has 4 atom stereocenters. The number of hydrogen-bond acceptors (Lipinski definition) is 3. The van der Waals surface area contributed by atoms with Gasteiger partial charge in [-0.3, -0.25) is 4.79 Å². The second kappa shape index (κ2) is 7.12. The Kier molecular flexibility index (Phi) is 5.79. The van der Waals surface area contributed by atoms with Gasteiger partial charge in [0.15, 0.2) is 0 Å². The van der Waals surface area contributed by atoms with Gasteiger partial charge in [0.1, 0.15) is 6.04 Å². The highest BCUT2D eigenvalue weighted by atomic mass is 16.4. The Morgan fingerprint density at radius 3 is 2.35 bits per heavy atom. The van der Waals surface area contributed by atoms with Gasteiger partial charge in [-0.1, -0.05) is 20.3 Å². The molecule has 20 heavy (non-hydrogen) atoms. The van der Waals surface area contributed by atoms with Gasteiger partial charge in [-0.15, -0.1) is 0 Å². The molecule has 3 unspecified atom stereocenters. The lowest BCUT2D eigenvalue weighted by atomic mass is 9.93. The lowest BCUT2D eigenvalue weighted by molar-refractivity contribution is -0.145. The third kappa shape index (κ3) is 4.40. The summed E-state index contributed by atoms with van der Waals surface area (Å²) < 4.78 is 0. The molecule has 0 aromatic carbocycles. The fraction of sp³-hybridized carbons (Fsp3) is 0.769. The number of aliphatic carboxylic acids is 2. The van der Waals surface area contributed by atoms with Crippen LogP contribution in [0.15, 0.2) is 0 Å². The van der Waals surface area contributed by atoms with Crippen LogP contribution in [0.1, 0.15) is 39.5 Å². The van der Waals surface area contributed by atoms with Crippen LogP contribution in [0.4, 0.5) is 4.79 Å². The molecule has 1 saturated carbocycles. The van der Waals surface area contributed by atoms with Crippen molar-refractivity contribution < 1.29 is 24.6 Å². The van der Waals surface area contributed by atoms with Gasteiger partial charge in [0.2, 0.25) is 0 Å². The first-order valence-electron chi connectivity index (χ1n) is 6.86. The number of nitrogens with one attached hydrogen (secondary N) is 2. The van der Waals surface area contributed by atoms with Crippen LogP contribution in [0, 0.1) is 11.8 Å². The van der Waals surface area contributed by atoms with Crippen LogP contribution in [-0.2, 0) is 9.59 Å². The van der Waals surface area contributed by atoms with Crippen molar-refractivity contribution in [3.8, 4) is 0 Å². The molecule has 0 aromatic rings. The molecule has 0 bridgehead atoms. The molecule has 7 heteroatoms. The van der Waals surface area contributed by atoms with Gasteiger partial charge >= 0.3 is 18.0 Å². The molecule has 1 aliphatic rings. The highest BCUT2D eigenvalue weighted by Gasteiger charge is 2.33. The summed E-state index contributed by atoms with van der Waals surface area (Å²) >= 11 is 0. The summed E-state index contributed by atoms with van der Waals surface area (Å²) in [7, 11) is 0. The third-order valence-corrected chi connectivity index (χ3v) is 4.05. The molecular formula is C13H22N2O5. The standard InChI is InChI=1S/C13H22N2O5/c1-3-8-4-5-9(7(8)2)14-13(20)15-10(12(18)19)6-11(16)17/h7-10H,3-6H2,1-2H3,(H,16,17)(H,18,19)(H2,14,15,20)/t7?,8?,9?,10-/m0/s1. The number of carbonyl (C=O) groups excluding carboxylic acids is 1. The Bertz CT molecular complexity index is 385. The number of urea groups is 1. The number of rotatable bonds is 6. The van der Waals surface area contributed by atoms with Crippen molar-refractivity contribution in [2.24, 2.45) is 11.8 Å². The first kappa shape index (κ1) is 16.3. The summed E-state index contributed by atoms with van der Waals surface area (Å²) in [6.07, 6.45) is 2.32. The van der Waals surface area contributed by atoms with E-state index in [0.29, 0.717) is 11.8 Å². The Labute approximate surface area is 117 Å². The van der Waals surface area contributed by atoms with E-state index >= 15 is 0 Å². The number of amides is 2. The zero-order valence-corrected chi connectivity index (χ0v) is 11.8. The number of hydrogen-bond donors (Lipinski definition) is 4. The minimum absolute atomic E-state index is 0.0132. The number of carbonyl (C=O) groups is 3. The Morgan fingerprint density at radius 1 is 1.25 bits per heavy atom. The van der Waals surface area contributed by atoms with E-state index in [1.165, 1.54) is 0 Å². The second-order valence-corrected chi connectivity index (χ2v) is 5.32. The molecule has 1 fully saturated rings. The predicted octanol–water partition coefficient (Wildman–Crippen LogP) is 1.04. The molecule has 1 rings (SSSR count). The van der Waals surface area contributed by atoms with E-state index in [1.54, 1.807) is 0 Å². The SMILES string of the molecule is CCC1CCC(NC(=O)N[C@@H](CC(=O)O)C(=O)O)C1C. The lowest BCUT2D eigenvalue weighted by Crippen LogP contribution is -2.50. The summed E-state index contributed by atoms with van der Waals surface area (Å²) in [5, 5.41) is 22.4. The van der Waals surface area contributed by atoms with Gasteiger partial charge in [0.05, 0.1) is 6.42 Å². The molecule has 0 aliphatic heterocycles. The summed E-state index contributed by atoms with van der Waals surface area (Å²) in [6, 6.07) is -2.02. The monoisotopic (exact) mass is 286 g/mol. The van der Waals surface area contributed by atoms with Gasteiger partial charge in [0.25, 0.3) is 0 Å². The zero-order chi connectivity index (χ0) is 15.3. The summed E-state index contributed by atoms with van der Waals surface area (Å²) in [5.74, 6) is -1.71. The van der Waals surface area contributed by atoms with Crippen molar-refractivity contribution in [3.05, 3.63) is 0 Å². The molecule has 114 valence electrons. The molecule has 0 aromatic heterocycles. The maximum Gasteiger partial charge on any atom is 0.326 e. The van der Waals surface area contributed by atoms with E-state index < -0.39 is 30.4 Å². The van der Waals surface area contributed by atoms with Gasteiger partial charge in [-0.25, -0.2) is 9.59 Å². The van der Waals surface area contributed by atoms with Gasteiger partial charge < -0.3 is 20.8 Å². The maximum absolute atomic E-state index is 11.8. The fourth-order valence-electron chi connectivity index (χ4n) is 2.77. The van der Waals surface area contributed by atoms with Crippen LogP contribution < -0.4 is 10.6 Å². The van der Waals surface area contributed by atoms with Crippen LogP contribution in [0.5, 0.6) is 0 Å². The fourth-order valence-corrected chi connectivity index (χ4v) is 2.77. The minimum atomic E-state index is -1.41. The highest BCUT2D eigenvalue weighted by molar-refractivity contribution is 5.86. The maximum atomic E-state index is 11.8. The van der Waals surface area contributed by atoms with Crippen molar-refractivity contribution in [3.63, 3.8) is 0 Å². The van der Waals surface area contributed by atoms with Crippen LogP contribution in [0.25, 0.3) is 0 Å². The Balaban J connectivity index is 2.50. The summed E-state index contributed by atoms with van der Waals surface area (Å²) in [4.78, 5) is 33.2. The van der Waals surface area contributed by atoms with Gasteiger partial charge in [0, 0.05) is 6.04 Å². The van der Waals surface area contributed by atoms with E-state index in [-0.39, 0.29) is 6.04 Å². The van der Waals surface area contributed by atoms with Crippen LogP contribution in [0.3, 0.4) is 0 Å². The number of carboxylic acids is 2. The molecule has 2 amide bonds. The quantitative estimate of drug-likeness (QED) is 0.582. The number of carboxylic acid groups (broad SMARTS) is 2. The topological polar surface area (TPSA) is 116 Å². The van der Waals surface area contributed by atoms with Crippen molar-refractivity contribution >= 4 is 18.0 Å². The second-order valence-electron chi connectivity index (χ2n) is 5.32. The molecule has 0 saturated heterocycles. The van der Waals surface area contributed by atoms with Crippen molar-refractivity contribution in [1.82, 2.24) is 10.6 Å². The van der Waals surface area contributed by atoms with Gasteiger partial charge in [-0.2, -0.15) is 0 Å². The molecule has 7 nitrogen and oxygen atoms in total. The Hall–Kier alpha value is -1.79. The molecule has 4 N–H and O–H groups in total. The average Bonchev–Trinajstić information content (AvgIpc) is 2.69. The zero-order valence-electron chi connectivity index (χ0n) is 11.8. The summed E-state index contributed by atoms with van der Waals surface area (Å²) in [6.45, 7) is 4.18. The first-order chi connectivity index (χ1) is 9.35. The highest BCUT2D eigenvalue weighted by Crippen LogP contribution is 2.33. The van der Waals surface area contributed by atoms with Crippen molar-refractivity contribution in [2.45, 2.75) is 51.6 Å². The van der Waals surface area contributed by atoms with E-state index in [2.05, 4.69) is 24.5 Å². The van der Waals surface area contributed by atoms with Crippen molar-refractivity contribution in [1.29, 1.82) is 0 Å². The van der Waals surface area contributed by atoms with E-state index in [4.69, 9.17) is 10.2 Å². The van der Waals surface area contributed by atoms with Crippen LogP contribution in [0.2, 0.25) is 0 Å². The van der Waals surface area contributed by atoms with E-state index in [1.807, 2.05) is 0 Å². The third-order valence-electron chi connectivity index (χ3n) is 4.05. The minimum Gasteiger partial charge on any atom is -0.481 e.